The van der Waals surface area contributed by atoms with Crippen molar-refractivity contribution >= 4 is 6.96 Å². The summed E-state index contributed by atoms with van der Waals surface area (Å²) in [7, 11) is 3.39. The maximum Gasteiger partial charge on any atom is 0.530 e. The van der Waals surface area contributed by atoms with Gasteiger partial charge in [0.1, 0.15) is 6.61 Å². The minimum atomic E-state index is -4.44. The Labute approximate surface area is 73.9 Å². The van der Waals surface area contributed by atoms with E-state index < -0.39 is 19.7 Å². The SMILES string of the molecule is CO[B-](OC)(OC)OCC(F)(F)F. The van der Waals surface area contributed by atoms with E-state index >= 15 is 0 Å². The van der Waals surface area contributed by atoms with Gasteiger partial charge in [-0.1, -0.05) is 0 Å². The predicted octanol–water partition coefficient (Wildman–Crippen LogP) is 0.940. The molecular weight excluding hydrogens is 192 g/mol. The van der Waals surface area contributed by atoms with Crippen molar-refractivity contribution in [2.75, 3.05) is 27.9 Å². The summed E-state index contributed by atoms with van der Waals surface area (Å²) in [6.45, 7) is -4.23. The zero-order valence-corrected chi connectivity index (χ0v) is 7.55. The molecule has 4 nitrogen and oxygen atoms in total. The van der Waals surface area contributed by atoms with Gasteiger partial charge < -0.3 is 18.6 Å². The molecule has 0 atom stereocenters. The van der Waals surface area contributed by atoms with Gasteiger partial charge in [-0.3, -0.25) is 0 Å². The number of rotatable bonds is 5. The topological polar surface area (TPSA) is 36.9 Å². The van der Waals surface area contributed by atoms with E-state index in [0.717, 1.165) is 21.3 Å². The van der Waals surface area contributed by atoms with Crippen LogP contribution >= 0.6 is 0 Å². The van der Waals surface area contributed by atoms with E-state index in [-0.39, 0.29) is 0 Å². The molecule has 0 N–H and O–H groups in total. The summed E-state index contributed by atoms with van der Waals surface area (Å²) in [5.74, 6) is 0. The monoisotopic (exact) mass is 203 g/mol. The molecule has 0 aromatic carbocycles. The average Bonchev–Trinajstić information content (AvgIpc) is 2.06. The molecule has 0 heterocycles. The molecule has 0 aromatic rings. The first-order valence-electron chi connectivity index (χ1n) is 3.38. The summed E-state index contributed by atoms with van der Waals surface area (Å²) in [5, 5.41) is 0. The summed E-state index contributed by atoms with van der Waals surface area (Å²) in [6.07, 6.45) is -4.44. The number of hydrogen-bond donors (Lipinski definition) is 0. The van der Waals surface area contributed by atoms with Gasteiger partial charge in [0.15, 0.2) is 0 Å². The minimum Gasteiger partial charge on any atom is -0.521 e. The summed E-state index contributed by atoms with van der Waals surface area (Å²) in [6, 6.07) is 0. The van der Waals surface area contributed by atoms with Crippen LogP contribution in [0.5, 0.6) is 0 Å². The van der Waals surface area contributed by atoms with Crippen LogP contribution in [-0.2, 0) is 18.6 Å². The highest BCUT2D eigenvalue weighted by molar-refractivity contribution is 6.53. The molecule has 0 fully saturated rings. The molecule has 0 aliphatic heterocycles. The van der Waals surface area contributed by atoms with Gasteiger partial charge in [-0.05, 0) is 21.3 Å². The van der Waals surface area contributed by atoms with Crippen LogP contribution in [0.25, 0.3) is 0 Å². The van der Waals surface area contributed by atoms with Crippen molar-refractivity contribution in [1.29, 1.82) is 0 Å². The van der Waals surface area contributed by atoms with Crippen LogP contribution in [0, 0.1) is 0 Å². The molecule has 0 aromatic heterocycles. The number of halogens is 3. The Bertz CT molecular complexity index is 139. The van der Waals surface area contributed by atoms with E-state index in [2.05, 4.69) is 18.6 Å². The highest BCUT2D eigenvalue weighted by Gasteiger charge is 2.35. The van der Waals surface area contributed by atoms with Crippen LogP contribution in [0.2, 0.25) is 0 Å². The van der Waals surface area contributed by atoms with E-state index in [1.807, 2.05) is 0 Å². The van der Waals surface area contributed by atoms with Crippen LogP contribution in [0.1, 0.15) is 0 Å². The molecule has 0 radical (unpaired) electrons. The Morgan fingerprint density at radius 1 is 1.00 bits per heavy atom. The maximum atomic E-state index is 11.7. The quantitative estimate of drug-likeness (QED) is 0.623. The largest absolute Gasteiger partial charge is 0.530 e. The summed E-state index contributed by atoms with van der Waals surface area (Å²) in [4.78, 5) is 0. The van der Waals surface area contributed by atoms with Gasteiger partial charge in [0.2, 0.25) is 0 Å². The highest BCUT2D eigenvalue weighted by Crippen LogP contribution is 2.18. The Morgan fingerprint density at radius 3 is 1.62 bits per heavy atom. The molecule has 0 saturated carbocycles. The van der Waals surface area contributed by atoms with Crippen molar-refractivity contribution in [1.82, 2.24) is 0 Å². The fourth-order valence-corrected chi connectivity index (χ4v) is 0.689. The van der Waals surface area contributed by atoms with E-state index in [4.69, 9.17) is 0 Å². The van der Waals surface area contributed by atoms with Crippen molar-refractivity contribution in [3.8, 4) is 0 Å². The zero-order chi connectivity index (χ0) is 10.5. The second kappa shape index (κ2) is 4.80. The predicted molar refractivity (Wildman–Crippen MR) is 38.8 cm³/mol. The lowest BCUT2D eigenvalue weighted by molar-refractivity contribution is -0.171. The molecule has 0 unspecified atom stereocenters. The lowest BCUT2D eigenvalue weighted by Crippen LogP contribution is -2.48. The van der Waals surface area contributed by atoms with Crippen molar-refractivity contribution in [2.24, 2.45) is 0 Å². The zero-order valence-electron chi connectivity index (χ0n) is 7.55. The van der Waals surface area contributed by atoms with Gasteiger partial charge in [0, 0.05) is 0 Å². The van der Waals surface area contributed by atoms with Crippen LogP contribution in [0.4, 0.5) is 13.2 Å². The average molecular weight is 203 g/mol. The van der Waals surface area contributed by atoms with E-state index in [1.54, 1.807) is 0 Å². The summed E-state index contributed by atoms with van der Waals surface area (Å²) < 4.78 is 53.0. The first kappa shape index (κ1) is 12.7. The van der Waals surface area contributed by atoms with Crippen LogP contribution in [0.3, 0.4) is 0 Å². The molecular formula is C5H11BF3O4-. The molecule has 0 aliphatic rings. The van der Waals surface area contributed by atoms with Crippen molar-refractivity contribution in [2.45, 2.75) is 6.18 Å². The number of alkyl halides is 3. The molecule has 0 bridgehead atoms. The lowest BCUT2D eigenvalue weighted by atomic mass is 10.1. The smallest absolute Gasteiger partial charge is 0.521 e. The third-order valence-electron chi connectivity index (χ3n) is 1.32. The molecule has 13 heavy (non-hydrogen) atoms. The van der Waals surface area contributed by atoms with E-state index in [9.17, 15) is 13.2 Å². The standard InChI is InChI=1S/C5H11BF3O4/c1-10-6(11-2,12-3)13-4-5(7,8)9/h4H2,1-3H3/q-1. The molecule has 0 aliphatic carbocycles. The van der Waals surface area contributed by atoms with E-state index in [1.165, 1.54) is 0 Å². The summed E-state index contributed by atoms with van der Waals surface area (Å²) >= 11 is 0. The fourth-order valence-electron chi connectivity index (χ4n) is 0.689. The third kappa shape index (κ3) is 4.46. The van der Waals surface area contributed by atoms with Crippen LogP contribution in [0.15, 0.2) is 0 Å². The van der Waals surface area contributed by atoms with Gasteiger partial charge in [-0.25, -0.2) is 0 Å². The molecule has 0 saturated heterocycles. The van der Waals surface area contributed by atoms with Gasteiger partial charge in [0.05, 0.1) is 0 Å². The molecule has 80 valence electrons. The molecule has 0 amide bonds. The Morgan fingerprint density at radius 2 is 1.38 bits per heavy atom. The van der Waals surface area contributed by atoms with Gasteiger partial charge in [0.25, 0.3) is 0 Å². The third-order valence-corrected chi connectivity index (χ3v) is 1.32. The summed E-state index contributed by atoms with van der Waals surface area (Å²) in [5.41, 5.74) is 0. The maximum absolute atomic E-state index is 11.7. The van der Waals surface area contributed by atoms with Crippen LogP contribution < -0.4 is 0 Å². The normalized spacial score (nSPS) is 13.4. The minimum absolute atomic E-state index is 1.13. The van der Waals surface area contributed by atoms with Gasteiger partial charge in [-0.2, -0.15) is 13.2 Å². The Hall–Kier alpha value is -0.305. The first-order valence-corrected chi connectivity index (χ1v) is 3.38. The van der Waals surface area contributed by atoms with Gasteiger partial charge >= 0.3 is 13.1 Å². The second-order valence-corrected chi connectivity index (χ2v) is 2.21. The fraction of sp³-hybridized carbons (Fsp3) is 1.00. The number of hydrogen-bond acceptors (Lipinski definition) is 4. The molecule has 0 spiro atoms. The van der Waals surface area contributed by atoms with Crippen LogP contribution in [-0.4, -0.2) is 41.1 Å². The first-order chi connectivity index (χ1) is 5.89. The van der Waals surface area contributed by atoms with E-state index in [0.29, 0.717) is 0 Å². The van der Waals surface area contributed by atoms with Crippen molar-refractivity contribution < 1.29 is 31.8 Å². The van der Waals surface area contributed by atoms with Crippen molar-refractivity contribution in [3.63, 3.8) is 0 Å². The van der Waals surface area contributed by atoms with Crippen molar-refractivity contribution in [3.05, 3.63) is 0 Å². The van der Waals surface area contributed by atoms with Gasteiger partial charge in [-0.15, -0.1) is 0 Å². The molecule has 0 rings (SSSR count). The highest BCUT2D eigenvalue weighted by atomic mass is 19.4. The Balaban J connectivity index is 4.11. The second-order valence-electron chi connectivity index (χ2n) is 2.21. The molecule has 8 heteroatoms. The Kier molecular flexibility index (Phi) is 4.69. The lowest BCUT2D eigenvalue weighted by Gasteiger charge is -2.36.